The van der Waals surface area contributed by atoms with Gasteiger partial charge in [0, 0.05) is 12.4 Å². The lowest BCUT2D eigenvalue weighted by Gasteiger charge is -2.11. The minimum Gasteiger partial charge on any atom is -0.323 e. The summed E-state index contributed by atoms with van der Waals surface area (Å²) in [5.74, 6) is -0.146. The summed E-state index contributed by atoms with van der Waals surface area (Å²) in [6.07, 6.45) is 3.38. The number of benzene rings is 1. The third-order valence-electron chi connectivity index (χ3n) is 2.56. The van der Waals surface area contributed by atoms with Crippen LogP contribution in [-0.2, 0) is 11.3 Å². The van der Waals surface area contributed by atoms with E-state index < -0.39 is 0 Å². The van der Waals surface area contributed by atoms with Crippen molar-refractivity contribution in [1.82, 2.24) is 9.78 Å². The molecule has 0 bridgehead atoms. The fourth-order valence-corrected chi connectivity index (χ4v) is 2.16. The van der Waals surface area contributed by atoms with Gasteiger partial charge >= 0.3 is 0 Å². The van der Waals surface area contributed by atoms with E-state index in [4.69, 9.17) is 11.6 Å². The van der Waals surface area contributed by atoms with Crippen molar-refractivity contribution in [3.05, 3.63) is 46.7 Å². The molecule has 1 heterocycles. The molecule has 2 aromatic rings. The number of hydrogen-bond donors (Lipinski definition) is 1. The summed E-state index contributed by atoms with van der Waals surface area (Å²) in [6.45, 7) is 4.06. The van der Waals surface area contributed by atoms with Gasteiger partial charge in [-0.3, -0.25) is 9.48 Å². The molecule has 0 aliphatic carbocycles. The first kappa shape index (κ1) is 12.6. The largest absolute Gasteiger partial charge is 0.323 e. The summed E-state index contributed by atoms with van der Waals surface area (Å²) < 4.78 is 1.56. The Balaban J connectivity index is 2.12. The van der Waals surface area contributed by atoms with Crippen LogP contribution < -0.4 is 5.32 Å². The van der Waals surface area contributed by atoms with Gasteiger partial charge in [-0.2, -0.15) is 5.10 Å². The average molecular weight is 264 g/mol. The maximum absolute atomic E-state index is 11.8. The van der Waals surface area contributed by atoms with E-state index >= 15 is 0 Å². The van der Waals surface area contributed by atoms with Crippen molar-refractivity contribution in [2.45, 2.75) is 20.4 Å². The minimum absolute atomic E-state index is 0.146. The molecule has 18 heavy (non-hydrogen) atoms. The highest BCUT2D eigenvalue weighted by Gasteiger charge is 2.09. The predicted octanol–water partition coefficient (Wildman–Crippen LogP) is 2.79. The second kappa shape index (κ2) is 5.23. The average Bonchev–Trinajstić information content (AvgIpc) is 2.76. The van der Waals surface area contributed by atoms with E-state index in [0.717, 1.165) is 11.1 Å². The van der Waals surface area contributed by atoms with Crippen molar-refractivity contribution in [2.75, 3.05) is 5.32 Å². The Labute approximate surface area is 111 Å². The Morgan fingerprint density at radius 2 is 2.22 bits per heavy atom. The molecule has 1 aromatic carbocycles. The summed E-state index contributed by atoms with van der Waals surface area (Å²) in [6, 6.07) is 5.59. The molecule has 0 aliphatic rings. The van der Waals surface area contributed by atoms with Crippen LogP contribution in [0.4, 0.5) is 5.69 Å². The molecule has 5 heteroatoms. The lowest BCUT2D eigenvalue weighted by atomic mass is 10.1. The molecule has 0 radical (unpaired) electrons. The number of aromatic nitrogens is 2. The second-order valence-corrected chi connectivity index (χ2v) is 4.60. The van der Waals surface area contributed by atoms with Crippen molar-refractivity contribution in [2.24, 2.45) is 0 Å². The summed E-state index contributed by atoms with van der Waals surface area (Å²) in [4.78, 5) is 11.8. The van der Waals surface area contributed by atoms with Gasteiger partial charge in [0.1, 0.15) is 6.54 Å². The number of hydrogen-bond acceptors (Lipinski definition) is 2. The molecule has 1 N–H and O–H groups in total. The van der Waals surface area contributed by atoms with E-state index in [1.54, 1.807) is 23.1 Å². The SMILES string of the molecule is Cc1cc(C)c(NC(=O)Cn2cccn2)c(Cl)c1. The summed E-state index contributed by atoms with van der Waals surface area (Å²) in [5.41, 5.74) is 2.69. The molecular formula is C13H14ClN3O. The smallest absolute Gasteiger partial charge is 0.246 e. The van der Waals surface area contributed by atoms with Crippen LogP contribution in [0.15, 0.2) is 30.6 Å². The molecule has 94 valence electrons. The number of carbonyl (C=O) groups excluding carboxylic acids is 1. The number of aryl methyl sites for hydroxylation is 2. The Morgan fingerprint density at radius 1 is 1.44 bits per heavy atom. The maximum atomic E-state index is 11.8. The number of nitrogens with one attached hydrogen (secondary N) is 1. The molecule has 1 amide bonds. The second-order valence-electron chi connectivity index (χ2n) is 4.19. The molecule has 0 spiro atoms. The van der Waals surface area contributed by atoms with E-state index in [2.05, 4.69) is 10.4 Å². The number of amides is 1. The fourth-order valence-electron chi connectivity index (χ4n) is 1.79. The van der Waals surface area contributed by atoms with Crippen LogP contribution in [0, 0.1) is 13.8 Å². The van der Waals surface area contributed by atoms with Gasteiger partial charge in [-0.1, -0.05) is 17.7 Å². The van der Waals surface area contributed by atoms with Crippen LogP contribution in [0.1, 0.15) is 11.1 Å². The van der Waals surface area contributed by atoms with Gasteiger partial charge in [-0.15, -0.1) is 0 Å². The standard InChI is InChI=1S/C13H14ClN3O/c1-9-6-10(2)13(11(14)7-9)16-12(18)8-17-5-3-4-15-17/h3-7H,8H2,1-2H3,(H,16,18). The zero-order valence-electron chi connectivity index (χ0n) is 10.3. The summed E-state index contributed by atoms with van der Waals surface area (Å²) >= 11 is 6.12. The summed E-state index contributed by atoms with van der Waals surface area (Å²) in [7, 11) is 0. The van der Waals surface area contributed by atoms with Crippen molar-refractivity contribution in [3.63, 3.8) is 0 Å². The number of rotatable bonds is 3. The highest BCUT2D eigenvalue weighted by molar-refractivity contribution is 6.34. The topological polar surface area (TPSA) is 46.9 Å². The first-order chi connectivity index (χ1) is 8.56. The van der Waals surface area contributed by atoms with Crippen LogP contribution >= 0.6 is 11.6 Å². The molecule has 0 saturated heterocycles. The molecule has 0 saturated carbocycles. The first-order valence-electron chi connectivity index (χ1n) is 5.60. The molecular weight excluding hydrogens is 250 g/mol. The van der Waals surface area contributed by atoms with E-state index in [-0.39, 0.29) is 12.5 Å². The third-order valence-corrected chi connectivity index (χ3v) is 2.86. The third kappa shape index (κ3) is 2.90. The van der Waals surface area contributed by atoms with Crippen molar-refractivity contribution in [3.8, 4) is 0 Å². The number of nitrogens with zero attached hydrogens (tertiary/aromatic N) is 2. The Kier molecular flexibility index (Phi) is 3.67. The van der Waals surface area contributed by atoms with Gasteiger partial charge in [0.25, 0.3) is 0 Å². The van der Waals surface area contributed by atoms with Gasteiger partial charge < -0.3 is 5.32 Å². The lowest BCUT2D eigenvalue weighted by Crippen LogP contribution is -2.19. The van der Waals surface area contributed by atoms with Gasteiger partial charge in [0.05, 0.1) is 10.7 Å². The zero-order chi connectivity index (χ0) is 13.1. The maximum Gasteiger partial charge on any atom is 0.246 e. The number of carbonyl (C=O) groups is 1. The molecule has 0 aliphatic heterocycles. The molecule has 0 atom stereocenters. The van der Waals surface area contributed by atoms with Crippen molar-refractivity contribution in [1.29, 1.82) is 0 Å². The van der Waals surface area contributed by atoms with Crippen LogP contribution in [0.25, 0.3) is 0 Å². The van der Waals surface area contributed by atoms with Crippen LogP contribution in [0.2, 0.25) is 5.02 Å². The van der Waals surface area contributed by atoms with Crippen LogP contribution in [0.3, 0.4) is 0 Å². The minimum atomic E-state index is -0.146. The highest BCUT2D eigenvalue weighted by Crippen LogP contribution is 2.27. The highest BCUT2D eigenvalue weighted by atomic mass is 35.5. The summed E-state index contributed by atoms with van der Waals surface area (Å²) in [5, 5.41) is 7.35. The first-order valence-corrected chi connectivity index (χ1v) is 5.98. The molecule has 2 rings (SSSR count). The van der Waals surface area contributed by atoms with E-state index in [1.165, 1.54) is 0 Å². The van der Waals surface area contributed by atoms with E-state index in [1.807, 2.05) is 26.0 Å². The predicted molar refractivity (Wildman–Crippen MR) is 71.8 cm³/mol. The van der Waals surface area contributed by atoms with Gasteiger partial charge in [-0.05, 0) is 37.1 Å². The normalized spacial score (nSPS) is 10.4. The monoisotopic (exact) mass is 263 g/mol. The van der Waals surface area contributed by atoms with Gasteiger partial charge in [0.15, 0.2) is 0 Å². The number of halogens is 1. The van der Waals surface area contributed by atoms with Crippen LogP contribution in [0.5, 0.6) is 0 Å². The Bertz CT molecular complexity index is 541. The number of anilines is 1. The van der Waals surface area contributed by atoms with E-state index in [0.29, 0.717) is 10.7 Å². The van der Waals surface area contributed by atoms with Crippen molar-refractivity contribution >= 4 is 23.2 Å². The van der Waals surface area contributed by atoms with Gasteiger partial charge in [0.2, 0.25) is 5.91 Å². The van der Waals surface area contributed by atoms with Crippen LogP contribution in [-0.4, -0.2) is 15.7 Å². The molecule has 1 aromatic heterocycles. The quantitative estimate of drug-likeness (QED) is 0.926. The Hall–Kier alpha value is -1.81. The molecule has 0 unspecified atom stereocenters. The fraction of sp³-hybridized carbons (Fsp3) is 0.231. The lowest BCUT2D eigenvalue weighted by molar-refractivity contribution is -0.116. The zero-order valence-corrected chi connectivity index (χ0v) is 11.0. The Morgan fingerprint density at radius 3 is 2.83 bits per heavy atom. The van der Waals surface area contributed by atoms with Gasteiger partial charge in [-0.25, -0.2) is 0 Å². The van der Waals surface area contributed by atoms with Crippen molar-refractivity contribution < 1.29 is 4.79 Å². The molecule has 4 nitrogen and oxygen atoms in total. The molecule has 0 fully saturated rings. The van der Waals surface area contributed by atoms with E-state index in [9.17, 15) is 4.79 Å².